The summed E-state index contributed by atoms with van der Waals surface area (Å²) < 4.78 is 5.17. The van der Waals surface area contributed by atoms with Crippen LogP contribution in [0.2, 0.25) is 0 Å². The number of carbonyl (C=O) groups excluding carboxylic acids is 1. The molecule has 0 saturated heterocycles. The van der Waals surface area contributed by atoms with E-state index in [0.717, 1.165) is 11.1 Å². The molecule has 86 valence electrons. The van der Waals surface area contributed by atoms with Crippen molar-refractivity contribution in [2.45, 2.75) is 0 Å². The number of hydrogen-bond acceptors (Lipinski definition) is 3. The first-order valence-electron chi connectivity index (χ1n) is 5.12. The molecular formula is C13H12N2O2. The topological polar surface area (TPSA) is 65.2 Å². The number of rotatable bonds is 3. The molecule has 1 aromatic heterocycles. The first-order chi connectivity index (χ1) is 8.24. The van der Waals surface area contributed by atoms with E-state index in [0.29, 0.717) is 11.4 Å². The van der Waals surface area contributed by atoms with Gasteiger partial charge in [0.2, 0.25) is 11.8 Å². The molecule has 1 aromatic carbocycles. The number of hydrogen-bond donors (Lipinski definition) is 1. The Morgan fingerprint density at radius 2 is 1.88 bits per heavy atom. The van der Waals surface area contributed by atoms with Gasteiger partial charge in [0, 0.05) is 17.3 Å². The summed E-state index contributed by atoms with van der Waals surface area (Å²) in [6.07, 6.45) is 1.63. The molecule has 0 aliphatic rings. The third-order valence-corrected chi connectivity index (χ3v) is 2.45. The van der Waals surface area contributed by atoms with Crippen LogP contribution in [-0.2, 0) is 0 Å². The van der Waals surface area contributed by atoms with Crippen LogP contribution in [0.5, 0.6) is 5.88 Å². The maximum Gasteiger partial charge on any atom is 0.249 e. The molecule has 0 spiro atoms. The molecule has 0 fully saturated rings. The van der Waals surface area contributed by atoms with Gasteiger partial charge in [0.25, 0.3) is 0 Å². The predicted molar refractivity (Wildman–Crippen MR) is 64.7 cm³/mol. The zero-order valence-corrected chi connectivity index (χ0v) is 9.38. The summed E-state index contributed by atoms with van der Waals surface area (Å²) in [7, 11) is 1.54. The Morgan fingerprint density at radius 1 is 1.18 bits per heavy atom. The minimum Gasteiger partial charge on any atom is -0.481 e. The van der Waals surface area contributed by atoms with Gasteiger partial charge in [-0.25, -0.2) is 4.98 Å². The molecule has 0 aliphatic carbocycles. The van der Waals surface area contributed by atoms with Gasteiger partial charge < -0.3 is 10.5 Å². The van der Waals surface area contributed by atoms with Crippen LogP contribution < -0.4 is 10.5 Å². The summed E-state index contributed by atoms with van der Waals surface area (Å²) in [6, 6.07) is 10.7. The van der Waals surface area contributed by atoms with Gasteiger partial charge in [0.1, 0.15) is 0 Å². The van der Waals surface area contributed by atoms with Crippen LogP contribution in [0, 0.1) is 0 Å². The van der Waals surface area contributed by atoms with Gasteiger partial charge in [-0.05, 0) is 23.8 Å². The molecule has 2 rings (SSSR count). The number of primary amides is 1. The van der Waals surface area contributed by atoms with Crippen LogP contribution in [-0.4, -0.2) is 18.0 Å². The Bertz CT molecular complexity index is 553. The molecule has 0 radical (unpaired) electrons. The number of ether oxygens (including phenoxy) is 1. The zero-order valence-electron chi connectivity index (χ0n) is 9.38. The monoisotopic (exact) mass is 228 g/mol. The van der Waals surface area contributed by atoms with Crippen molar-refractivity contribution in [3.63, 3.8) is 0 Å². The van der Waals surface area contributed by atoms with Crippen molar-refractivity contribution in [1.82, 2.24) is 4.98 Å². The minimum absolute atomic E-state index is 0.457. The molecule has 0 saturated carbocycles. The molecule has 0 atom stereocenters. The molecule has 4 nitrogen and oxygen atoms in total. The summed E-state index contributed by atoms with van der Waals surface area (Å²) in [4.78, 5) is 15.5. The van der Waals surface area contributed by atoms with Crippen LogP contribution in [0.15, 0.2) is 42.6 Å². The number of aromatic nitrogens is 1. The quantitative estimate of drug-likeness (QED) is 0.871. The van der Waals surface area contributed by atoms with E-state index in [1.165, 1.54) is 0 Å². The van der Waals surface area contributed by atoms with E-state index < -0.39 is 5.91 Å². The van der Waals surface area contributed by atoms with Crippen molar-refractivity contribution >= 4 is 5.91 Å². The Hall–Kier alpha value is -2.36. The number of nitrogens with zero attached hydrogens (tertiary/aromatic N) is 1. The van der Waals surface area contributed by atoms with Crippen molar-refractivity contribution < 1.29 is 9.53 Å². The Balaban J connectivity index is 2.64. The van der Waals surface area contributed by atoms with E-state index in [1.807, 2.05) is 18.2 Å². The Kier molecular flexibility index (Phi) is 3.05. The highest BCUT2D eigenvalue weighted by atomic mass is 16.5. The lowest BCUT2D eigenvalue weighted by molar-refractivity contribution is 0.100. The van der Waals surface area contributed by atoms with Gasteiger partial charge in [-0.3, -0.25) is 4.79 Å². The van der Waals surface area contributed by atoms with Gasteiger partial charge in [-0.2, -0.15) is 0 Å². The Morgan fingerprint density at radius 3 is 2.59 bits per heavy atom. The van der Waals surface area contributed by atoms with E-state index >= 15 is 0 Å². The summed E-state index contributed by atoms with van der Waals surface area (Å²) in [6.45, 7) is 0. The third kappa shape index (κ3) is 2.10. The molecule has 0 bridgehead atoms. The number of methoxy groups -OCH3 is 1. The molecular weight excluding hydrogens is 216 g/mol. The molecule has 1 heterocycles. The van der Waals surface area contributed by atoms with Gasteiger partial charge in [-0.15, -0.1) is 0 Å². The lowest BCUT2D eigenvalue weighted by atomic mass is 10.0. The highest BCUT2D eigenvalue weighted by Crippen LogP contribution is 2.29. The maximum atomic E-state index is 11.4. The maximum absolute atomic E-state index is 11.4. The largest absolute Gasteiger partial charge is 0.481 e. The highest BCUT2D eigenvalue weighted by molar-refractivity contribution is 6.00. The van der Waals surface area contributed by atoms with Gasteiger partial charge in [0.15, 0.2) is 0 Å². The van der Waals surface area contributed by atoms with E-state index in [9.17, 15) is 4.79 Å². The number of amides is 1. The van der Waals surface area contributed by atoms with Crippen LogP contribution in [0.25, 0.3) is 11.1 Å². The first-order valence-corrected chi connectivity index (χ1v) is 5.12. The Labute approximate surface area is 99.1 Å². The van der Waals surface area contributed by atoms with E-state index in [4.69, 9.17) is 10.5 Å². The normalized spacial score (nSPS) is 9.94. The van der Waals surface area contributed by atoms with E-state index in [1.54, 1.807) is 31.5 Å². The van der Waals surface area contributed by atoms with Crippen LogP contribution in [0.4, 0.5) is 0 Å². The van der Waals surface area contributed by atoms with Gasteiger partial charge in [0.05, 0.1) is 7.11 Å². The molecule has 4 heteroatoms. The second-order valence-corrected chi connectivity index (χ2v) is 3.47. The molecule has 17 heavy (non-hydrogen) atoms. The summed E-state index contributed by atoms with van der Waals surface area (Å²) in [5, 5.41) is 0. The second-order valence-electron chi connectivity index (χ2n) is 3.47. The van der Waals surface area contributed by atoms with Crippen molar-refractivity contribution in [3.8, 4) is 17.0 Å². The fourth-order valence-electron chi connectivity index (χ4n) is 1.69. The second kappa shape index (κ2) is 4.65. The van der Waals surface area contributed by atoms with Crippen molar-refractivity contribution in [1.29, 1.82) is 0 Å². The predicted octanol–water partition coefficient (Wildman–Crippen LogP) is 1.86. The van der Waals surface area contributed by atoms with Crippen molar-refractivity contribution in [2.24, 2.45) is 5.73 Å². The number of benzene rings is 1. The van der Waals surface area contributed by atoms with E-state index in [-0.39, 0.29) is 0 Å². The number of nitrogens with two attached hydrogens (primary N) is 1. The average Bonchev–Trinajstić information content (AvgIpc) is 2.38. The summed E-state index contributed by atoms with van der Waals surface area (Å²) in [5.74, 6) is 0.00714. The van der Waals surface area contributed by atoms with Crippen LogP contribution >= 0.6 is 0 Å². The molecule has 1 amide bonds. The fraction of sp³-hybridized carbons (Fsp3) is 0.0769. The number of carbonyl (C=O) groups is 1. The van der Waals surface area contributed by atoms with Crippen molar-refractivity contribution in [2.75, 3.05) is 7.11 Å². The SMILES string of the molecule is COc1ncccc1-c1ccccc1C(N)=O. The molecule has 2 N–H and O–H groups in total. The standard InChI is InChI=1S/C13H12N2O2/c1-17-13-11(7-4-8-15-13)9-5-2-3-6-10(9)12(14)16/h2-8H,1H3,(H2,14,16). The zero-order chi connectivity index (χ0) is 12.3. The highest BCUT2D eigenvalue weighted by Gasteiger charge is 2.13. The van der Waals surface area contributed by atoms with Gasteiger partial charge in [-0.1, -0.05) is 18.2 Å². The first kappa shape index (κ1) is 11.1. The minimum atomic E-state index is -0.466. The average molecular weight is 228 g/mol. The van der Waals surface area contributed by atoms with Crippen molar-refractivity contribution in [3.05, 3.63) is 48.2 Å². The third-order valence-electron chi connectivity index (χ3n) is 2.45. The smallest absolute Gasteiger partial charge is 0.249 e. The summed E-state index contributed by atoms with van der Waals surface area (Å²) >= 11 is 0. The lowest BCUT2D eigenvalue weighted by Gasteiger charge is -2.09. The fourth-order valence-corrected chi connectivity index (χ4v) is 1.69. The summed E-state index contributed by atoms with van der Waals surface area (Å²) in [5.41, 5.74) is 7.28. The van der Waals surface area contributed by atoms with E-state index in [2.05, 4.69) is 4.98 Å². The molecule has 0 aliphatic heterocycles. The molecule has 0 unspecified atom stereocenters. The van der Waals surface area contributed by atoms with Gasteiger partial charge >= 0.3 is 0 Å². The van der Waals surface area contributed by atoms with Crippen LogP contribution in [0.1, 0.15) is 10.4 Å². The number of pyridine rings is 1. The molecule has 2 aromatic rings. The van der Waals surface area contributed by atoms with Crippen LogP contribution in [0.3, 0.4) is 0 Å². The lowest BCUT2D eigenvalue weighted by Crippen LogP contribution is -2.12.